The average Bonchev–Trinajstić information content (AvgIpc) is 2.27. The molecular weight excluding hydrogens is 248 g/mol. The largest absolute Gasteiger partial charge is 0.454 e. The van der Waals surface area contributed by atoms with Gasteiger partial charge in [0.15, 0.2) is 5.75 Å². The second-order valence-corrected chi connectivity index (χ2v) is 3.77. The molecule has 2 rings (SSSR count). The highest BCUT2D eigenvalue weighted by atomic mass is 35.5. The lowest BCUT2D eigenvalue weighted by Crippen LogP contribution is -1.93. The van der Waals surface area contributed by atoms with Crippen molar-refractivity contribution in [2.24, 2.45) is 0 Å². The monoisotopic (exact) mass is 255 g/mol. The predicted molar refractivity (Wildman–Crippen MR) is 62.3 cm³/mol. The van der Waals surface area contributed by atoms with Crippen molar-refractivity contribution in [3.63, 3.8) is 0 Å². The van der Waals surface area contributed by atoms with E-state index in [0.29, 0.717) is 0 Å². The summed E-state index contributed by atoms with van der Waals surface area (Å²) in [5, 5.41) is 0.0914. The Labute approximate surface area is 102 Å². The van der Waals surface area contributed by atoms with E-state index in [1.54, 1.807) is 0 Å². The molecule has 0 unspecified atom stereocenters. The van der Waals surface area contributed by atoms with Gasteiger partial charge in [0, 0.05) is 6.07 Å². The summed E-state index contributed by atoms with van der Waals surface area (Å²) in [6.45, 7) is 0. The average molecular weight is 256 g/mol. The van der Waals surface area contributed by atoms with Gasteiger partial charge in [0.25, 0.3) is 0 Å². The van der Waals surface area contributed by atoms with Gasteiger partial charge in [-0.3, -0.25) is 0 Å². The van der Waals surface area contributed by atoms with Crippen LogP contribution in [-0.4, -0.2) is 0 Å². The first-order chi connectivity index (χ1) is 8.06. The lowest BCUT2D eigenvalue weighted by Gasteiger charge is -2.09. The Morgan fingerprint density at radius 3 is 2.29 bits per heavy atom. The molecule has 2 nitrogen and oxygen atoms in total. The topological polar surface area (TPSA) is 35.2 Å². The Balaban J connectivity index is 2.34. The van der Waals surface area contributed by atoms with Crippen molar-refractivity contribution in [3.8, 4) is 11.5 Å². The first kappa shape index (κ1) is 11.7. The van der Waals surface area contributed by atoms with Crippen LogP contribution in [0.2, 0.25) is 5.02 Å². The third-order valence-corrected chi connectivity index (χ3v) is 2.38. The zero-order valence-electron chi connectivity index (χ0n) is 8.58. The third kappa shape index (κ3) is 2.65. The van der Waals surface area contributed by atoms with Gasteiger partial charge in [-0.25, -0.2) is 8.78 Å². The van der Waals surface area contributed by atoms with Gasteiger partial charge in [-0.1, -0.05) is 11.6 Å². The van der Waals surface area contributed by atoms with Gasteiger partial charge in [-0.05, 0) is 30.3 Å². The highest BCUT2D eigenvalue weighted by molar-refractivity contribution is 6.32. The van der Waals surface area contributed by atoms with Gasteiger partial charge in [0.2, 0.25) is 0 Å². The van der Waals surface area contributed by atoms with Crippen molar-refractivity contribution < 1.29 is 13.5 Å². The van der Waals surface area contributed by atoms with Crippen molar-refractivity contribution in [2.75, 3.05) is 5.73 Å². The standard InChI is InChI=1S/C12H8ClF2NO/c13-9-5-7(14)2-4-11(9)17-12-6-8(15)1-3-10(12)16/h1-6H,16H2. The first-order valence-electron chi connectivity index (χ1n) is 4.74. The number of nitrogen functional groups attached to an aromatic ring is 1. The molecule has 2 aromatic carbocycles. The van der Waals surface area contributed by atoms with Gasteiger partial charge < -0.3 is 10.5 Å². The van der Waals surface area contributed by atoms with E-state index in [0.717, 1.165) is 12.1 Å². The van der Waals surface area contributed by atoms with Crippen molar-refractivity contribution in [1.29, 1.82) is 0 Å². The van der Waals surface area contributed by atoms with Crippen LogP contribution < -0.4 is 10.5 Å². The highest BCUT2D eigenvalue weighted by Crippen LogP contribution is 2.33. The van der Waals surface area contributed by atoms with Gasteiger partial charge in [-0.15, -0.1) is 0 Å². The fraction of sp³-hybridized carbons (Fsp3) is 0. The van der Waals surface area contributed by atoms with Crippen molar-refractivity contribution in [1.82, 2.24) is 0 Å². The van der Waals surface area contributed by atoms with Gasteiger partial charge in [0.1, 0.15) is 17.4 Å². The molecule has 0 saturated carbocycles. The number of ether oxygens (including phenoxy) is 1. The third-order valence-electron chi connectivity index (χ3n) is 2.09. The maximum absolute atomic E-state index is 13.0. The lowest BCUT2D eigenvalue weighted by molar-refractivity contribution is 0.477. The number of nitrogens with two attached hydrogens (primary N) is 1. The number of anilines is 1. The van der Waals surface area contributed by atoms with Crippen LogP contribution in [0.5, 0.6) is 11.5 Å². The molecule has 0 aliphatic carbocycles. The van der Waals surface area contributed by atoms with Gasteiger partial charge >= 0.3 is 0 Å². The summed E-state index contributed by atoms with van der Waals surface area (Å²) in [6.07, 6.45) is 0. The van der Waals surface area contributed by atoms with Crippen LogP contribution in [0.25, 0.3) is 0 Å². The molecule has 0 aliphatic heterocycles. The Morgan fingerprint density at radius 2 is 1.59 bits per heavy atom. The van der Waals surface area contributed by atoms with Crippen LogP contribution in [-0.2, 0) is 0 Å². The minimum absolute atomic E-state index is 0.0914. The van der Waals surface area contributed by atoms with E-state index in [-0.39, 0.29) is 22.2 Å². The summed E-state index contributed by atoms with van der Waals surface area (Å²) >= 11 is 5.77. The molecular formula is C12H8ClF2NO. The Bertz CT molecular complexity index is 560. The van der Waals surface area contributed by atoms with E-state index in [1.165, 1.54) is 24.3 Å². The Morgan fingerprint density at radius 1 is 0.941 bits per heavy atom. The fourth-order valence-corrected chi connectivity index (χ4v) is 1.48. The molecule has 0 radical (unpaired) electrons. The predicted octanol–water partition coefficient (Wildman–Crippen LogP) is 3.99. The van der Waals surface area contributed by atoms with Crippen molar-refractivity contribution >= 4 is 17.3 Å². The molecule has 0 atom stereocenters. The molecule has 0 aliphatic rings. The summed E-state index contributed by atoms with van der Waals surface area (Å²) in [5.74, 6) is -0.606. The maximum atomic E-state index is 13.0. The summed E-state index contributed by atoms with van der Waals surface area (Å²) in [6, 6.07) is 7.37. The normalized spacial score (nSPS) is 10.3. The van der Waals surface area contributed by atoms with Crippen LogP contribution >= 0.6 is 11.6 Å². The molecule has 88 valence electrons. The van der Waals surface area contributed by atoms with Gasteiger partial charge in [-0.2, -0.15) is 0 Å². The zero-order valence-corrected chi connectivity index (χ0v) is 9.34. The Hall–Kier alpha value is -1.81. The minimum atomic E-state index is -0.479. The number of halogens is 3. The molecule has 0 spiro atoms. The highest BCUT2D eigenvalue weighted by Gasteiger charge is 2.08. The first-order valence-corrected chi connectivity index (χ1v) is 5.12. The Kier molecular flexibility index (Phi) is 3.15. The van der Waals surface area contributed by atoms with E-state index >= 15 is 0 Å². The zero-order chi connectivity index (χ0) is 12.4. The van der Waals surface area contributed by atoms with E-state index in [1.807, 2.05) is 0 Å². The van der Waals surface area contributed by atoms with Crippen LogP contribution in [0.1, 0.15) is 0 Å². The quantitative estimate of drug-likeness (QED) is 0.824. The lowest BCUT2D eigenvalue weighted by atomic mass is 10.3. The van der Waals surface area contributed by atoms with Gasteiger partial charge in [0.05, 0.1) is 10.7 Å². The SMILES string of the molecule is Nc1ccc(F)cc1Oc1ccc(F)cc1Cl. The van der Waals surface area contributed by atoms with E-state index in [2.05, 4.69) is 0 Å². The molecule has 2 N–H and O–H groups in total. The van der Waals surface area contributed by atoms with E-state index in [9.17, 15) is 8.78 Å². The van der Waals surface area contributed by atoms with Crippen molar-refractivity contribution in [3.05, 3.63) is 53.1 Å². The molecule has 0 fully saturated rings. The molecule has 0 amide bonds. The van der Waals surface area contributed by atoms with E-state index < -0.39 is 11.6 Å². The molecule has 0 saturated heterocycles. The van der Waals surface area contributed by atoms with Crippen LogP contribution in [0, 0.1) is 11.6 Å². The molecule has 0 aromatic heterocycles. The second-order valence-electron chi connectivity index (χ2n) is 3.36. The summed E-state index contributed by atoms with van der Waals surface area (Å²) in [5.41, 5.74) is 5.88. The number of benzene rings is 2. The van der Waals surface area contributed by atoms with Crippen LogP contribution in [0.15, 0.2) is 36.4 Å². The molecule has 17 heavy (non-hydrogen) atoms. The maximum Gasteiger partial charge on any atom is 0.153 e. The number of hydrogen-bond acceptors (Lipinski definition) is 2. The second kappa shape index (κ2) is 4.59. The number of hydrogen-bond donors (Lipinski definition) is 1. The van der Waals surface area contributed by atoms with Crippen molar-refractivity contribution in [2.45, 2.75) is 0 Å². The summed E-state index contributed by atoms with van der Waals surface area (Å²) < 4.78 is 31.1. The molecule has 0 heterocycles. The number of rotatable bonds is 2. The fourth-order valence-electron chi connectivity index (χ4n) is 1.27. The summed E-state index contributed by atoms with van der Waals surface area (Å²) in [7, 11) is 0. The smallest absolute Gasteiger partial charge is 0.153 e. The van der Waals surface area contributed by atoms with Crippen LogP contribution in [0.4, 0.5) is 14.5 Å². The molecule has 2 aromatic rings. The minimum Gasteiger partial charge on any atom is -0.454 e. The van der Waals surface area contributed by atoms with Crippen LogP contribution in [0.3, 0.4) is 0 Å². The molecule has 5 heteroatoms. The van der Waals surface area contributed by atoms with E-state index in [4.69, 9.17) is 22.1 Å². The summed E-state index contributed by atoms with van der Waals surface area (Å²) in [4.78, 5) is 0. The molecule has 0 bridgehead atoms.